The van der Waals surface area contributed by atoms with Crippen molar-refractivity contribution in [3.05, 3.63) is 69.8 Å². The maximum Gasteiger partial charge on any atom is 0.407 e. The summed E-state index contributed by atoms with van der Waals surface area (Å²) in [6, 6.07) is 15.5. The van der Waals surface area contributed by atoms with Crippen molar-refractivity contribution in [2.45, 2.75) is 59.4 Å². The van der Waals surface area contributed by atoms with Crippen molar-refractivity contribution in [2.24, 2.45) is 0 Å². The molecule has 0 bridgehead atoms. The summed E-state index contributed by atoms with van der Waals surface area (Å²) in [5.74, 6) is 0. The molecule has 0 radical (unpaired) electrons. The molecule has 1 saturated heterocycles. The van der Waals surface area contributed by atoms with E-state index in [0.29, 0.717) is 6.54 Å². The number of hydrogen-bond acceptors (Lipinski definition) is 4. The van der Waals surface area contributed by atoms with Gasteiger partial charge in [0.1, 0.15) is 5.60 Å². The van der Waals surface area contributed by atoms with E-state index in [1.54, 1.807) is 0 Å². The van der Waals surface area contributed by atoms with Crippen molar-refractivity contribution in [1.82, 2.24) is 19.7 Å². The van der Waals surface area contributed by atoms with E-state index in [1.807, 2.05) is 20.8 Å². The van der Waals surface area contributed by atoms with Crippen molar-refractivity contribution < 1.29 is 9.53 Å². The highest BCUT2D eigenvalue weighted by atomic mass is 79.9. The predicted molar refractivity (Wildman–Crippen MR) is 150 cm³/mol. The third-order valence-electron chi connectivity index (χ3n) is 6.67. The molecule has 7 heteroatoms. The summed E-state index contributed by atoms with van der Waals surface area (Å²) in [5.41, 5.74) is 4.90. The molecule has 2 heterocycles. The van der Waals surface area contributed by atoms with Gasteiger partial charge in [0.15, 0.2) is 0 Å². The highest BCUT2D eigenvalue weighted by molar-refractivity contribution is 9.10. The maximum absolute atomic E-state index is 11.8. The van der Waals surface area contributed by atoms with Crippen LogP contribution in [0.25, 0.3) is 10.9 Å². The molecule has 0 spiro atoms. The number of piperazine rings is 1. The zero-order chi connectivity index (χ0) is 25.7. The van der Waals surface area contributed by atoms with E-state index in [2.05, 4.69) is 91.2 Å². The fourth-order valence-electron chi connectivity index (χ4n) is 4.73. The quantitative estimate of drug-likeness (QED) is 0.350. The lowest BCUT2D eigenvalue weighted by Crippen LogP contribution is -2.45. The van der Waals surface area contributed by atoms with Crippen LogP contribution in [-0.4, -0.2) is 58.8 Å². The molecule has 1 aliphatic rings. The summed E-state index contributed by atoms with van der Waals surface area (Å²) < 4.78 is 8.67. The van der Waals surface area contributed by atoms with Crippen LogP contribution in [0, 0.1) is 6.92 Å². The van der Waals surface area contributed by atoms with E-state index in [9.17, 15) is 4.79 Å². The Morgan fingerprint density at radius 3 is 2.42 bits per heavy atom. The molecule has 0 atom stereocenters. The second kappa shape index (κ2) is 11.8. The van der Waals surface area contributed by atoms with Gasteiger partial charge in [-0.05, 0) is 78.9 Å². The average Bonchev–Trinajstić information content (AvgIpc) is 3.13. The number of halogens is 1. The van der Waals surface area contributed by atoms with Gasteiger partial charge in [-0.3, -0.25) is 9.80 Å². The van der Waals surface area contributed by atoms with E-state index in [-0.39, 0.29) is 6.09 Å². The van der Waals surface area contributed by atoms with Gasteiger partial charge >= 0.3 is 6.09 Å². The van der Waals surface area contributed by atoms with Crippen LogP contribution >= 0.6 is 15.9 Å². The number of amides is 1. The molecule has 6 nitrogen and oxygen atoms in total. The molecule has 1 amide bonds. The Labute approximate surface area is 223 Å². The first-order valence-corrected chi connectivity index (χ1v) is 13.7. The number of aryl methyl sites for hydroxylation is 2. The van der Waals surface area contributed by atoms with Gasteiger partial charge in [0.2, 0.25) is 0 Å². The molecule has 36 heavy (non-hydrogen) atoms. The molecule has 194 valence electrons. The summed E-state index contributed by atoms with van der Waals surface area (Å²) in [5, 5.41) is 4.08. The van der Waals surface area contributed by atoms with Crippen LogP contribution in [0.15, 0.2) is 53.1 Å². The van der Waals surface area contributed by atoms with Crippen LogP contribution < -0.4 is 5.32 Å². The van der Waals surface area contributed by atoms with Crippen molar-refractivity contribution >= 4 is 32.9 Å². The van der Waals surface area contributed by atoms with Gasteiger partial charge in [-0.1, -0.05) is 30.3 Å². The Balaban J connectivity index is 1.27. The normalized spacial score (nSPS) is 15.4. The van der Waals surface area contributed by atoms with E-state index in [4.69, 9.17) is 4.74 Å². The lowest BCUT2D eigenvalue weighted by molar-refractivity contribution is 0.0526. The van der Waals surface area contributed by atoms with Gasteiger partial charge in [0.25, 0.3) is 0 Å². The highest BCUT2D eigenvalue weighted by Crippen LogP contribution is 2.28. The van der Waals surface area contributed by atoms with Crippen LogP contribution in [0.1, 0.15) is 43.9 Å². The number of alkyl carbamates (subject to hydrolysis) is 1. The first-order valence-electron chi connectivity index (χ1n) is 12.9. The Hall–Kier alpha value is -2.35. The smallest absolute Gasteiger partial charge is 0.407 e. The molecular formula is C29H39BrN4O2. The summed E-state index contributed by atoms with van der Waals surface area (Å²) >= 11 is 3.76. The molecule has 1 aliphatic heterocycles. The largest absolute Gasteiger partial charge is 0.444 e. The number of carbonyl (C=O) groups excluding carboxylic acids is 1. The van der Waals surface area contributed by atoms with Crippen molar-refractivity contribution in [3.8, 4) is 0 Å². The number of carbonyl (C=O) groups is 1. The van der Waals surface area contributed by atoms with Crippen molar-refractivity contribution in [2.75, 3.05) is 32.7 Å². The summed E-state index contributed by atoms with van der Waals surface area (Å²) in [6.07, 6.45) is 2.62. The fourth-order valence-corrected chi connectivity index (χ4v) is 5.30. The average molecular weight is 556 g/mol. The van der Waals surface area contributed by atoms with Gasteiger partial charge in [0.05, 0.1) is 0 Å². The van der Waals surface area contributed by atoms with Gasteiger partial charge in [0, 0.05) is 73.9 Å². The van der Waals surface area contributed by atoms with Crippen LogP contribution in [0.4, 0.5) is 4.79 Å². The third-order valence-corrected chi connectivity index (χ3v) is 7.30. The summed E-state index contributed by atoms with van der Waals surface area (Å²) in [7, 11) is 0. The molecule has 0 saturated carbocycles. The number of fused-ring (bicyclic) bond motifs is 1. The van der Waals surface area contributed by atoms with Crippen LogP contribution in [0.5, 0.6) is 0 Å². The van der Waals surface area contributed by atoms with Gasteiger partial charge in [-0.15, -0.1) is 0 Å². The molecule has 0 aliphatic carbocycles. The SMILES string of the molecule is Cc1ccccc1CN1CCN(Cc2ccc3c(c2)c(Br)cn3CCCNC(=O)OC(C)(C)C)CC1. The number of ether oxygens (including phenoxy) is 1. The number of aromatic nitrogens is 1. The number of benzene rings is 2. The lowest BCUT2D eigenvalue weighted by atomic mass is 10.1. The highest BCUT2D eigenvalue weighted by Gasteiger charge is 2.19. The molecule has 1 fully saturated rings. The molecular weight excluding hydrogens is 516 g/mol. The first-order chi connectivity index (χ1) is 17.2. The predicted octanol–water partition coefficient (Wildman–Crippen LogP) is 5.94. The third kappa shape index (κ3) is 7.34. The van der Waals surface area contributed by atoms with Gasteiger partial charge < -0.3 is 14.6 Å². The van der Waals surface area contributed by atoms with Gasteiger partial charge in [-0.2, -0.15) is 0 Å². The lowest BCUT2D eigenvalue weighted by Gasteiger charge is -2.35. The number of rotatable bonds is 8. The van der Waals surface area contributed by atoms with Gasteiger partial charge in [-0.25, -0.2) is 4.79 Å². The van der Waals surface area contributed by atoms with Crippen molar-refractivity contribution in [3.63, 3.8) is 0 Å². The standard InChI is InChI=1S/C29H39BrN4O2/c1-22-8-5-6-9-24(22)20-33-16-14-32(15-17-33)19-23-10-11-27-25(18-23)26(30)21-34(27)13-7-12-31-28(35)36-29(2,3)4/h5-6,8-11,18,21H,7,12-17,19-20H2,1-4H3,(H,31,35). The minimum Gasteiger partial charge on any atom is -0.444 e. The Kier molecular flexibility index (Phi) is 8.75. The second-order valence-electron chi connectivity index (χ2n) is 10.8. The molecule has 0 unspecified atom stereocenters. The molecule has 4 rings (SSSR count). The summed E-state index contributed by atoms with van der Waals surface area (Å²) in [4.78, 5) is 17.0. The molecule has 1 N–H and O–H groups in total. The molecule has 3 aromatic rings. The van der Waals surface area contributed by atoms with Crippen molar-refractivity contribution in [1.29, 1.82) is 0 Å². The van der Waals surface area contributed by atoms with E-state index in [1.165, 1.54) is 27.6 Å². The van der Waals surface area contributed by atoms with E-state index in [0.717, 1.165) is 56.7 Å². The zero-order valence-electron chi connectivity index (χ0n) is 22.0. The molecule has 2 aromatic carbocycles. The Morgan fingerprint density at radius 1 is 1.03 bits per heavy atom. The van der Waals surface area contributed by atoms with Crippen LogP contribution in [0.3, 0.4) is 0 Å². The topological polar surface area (TPSA) is 49.7 Å². The maximum atomic E-state index is 11.8. The number of hydrogen-bond donors (Lipinski definition) is 1. The van der Waals surface area contributed by atoms with E-state index >= 15 is 0 Å². The first kappa shape index (κ1) is 26.7. The summed E-state index contributed by atoms with van der Waals surface area (Å²) in [6.45, 7) is 15.7. The Bertz CT molecular complexity index is 1180. The minimum absolute atomic E-state index is 0.360. The van der Waals surface area contributed by atoms with Crippen LogP contribution in [0.2, 0.25) is 0 Å². The second-order valence-corrected chi connectivity index (χ2v) is 11.6. The van der Waals surface area contributed by atoms with Crippen LogP contribution in [-0.2, 0) is 24.4 Å². The number of nitrogens with one attached hydrogen (secondary N) is 1. The minimum atomic E-state index is -0.474. The zero-order valence-corrected chi connectivity index (χ0v) is 23.6. The monoisotopic (exact) mass is 554 g/mol. The molecule has 1 aromatic heterocycles. The fraction of sp³-hybridized carbons (Fsp3) is 0.483. The number of nitrogens with zero attached hydrogens (tertiary/aromatic N) is 3. The van der Waals surface area contributed by atoms with E-state index < -0.39 is 5.60 Å². The Morgan fingerprint density at radius 2 is 1.72 bits per heavy atom.